The molecule has 0 aromatic rings. The molecule has 0 spiro atoms. The summed E-state index contributed by atoms with van der Waals surface area (Å²) >= 11 is 0. The second-order valence-corrected chi connectivity index (χ2v) is 20.3. The number of hydrogen-bond acceptors (Lipinski definition) is 15. The molecule has 5 aliphatic carbocycles. The molecule has 7 rings (SSSR count). The van der Waals surface area contributed by atoms with Gasteiger partial charge in [0.25, 0.3) is 0 Å². The topological polar surface area (TPSA) is 277 Å². The molecule has 0 radical (unpaired) electrons. The maximum Gasteiger partial charge on any atom is 0.335 e. The summed E-state index contributed by atoms with van der Waals surface area (Å²) in [5.41, 5.74) is -2.96. The Balaban J connectivity index is 1.16. The van der Waals surface area contributed by atoms with Crippen LogP contribution in [-0.2, 0) is 23.7 Å². The normalized spacial score (nSPS) is 55.8. The molecule has 0 aromatic heterocycles. The van der Waals surface area contributed by atoms with Crippen molar-refractivity contribution in [1.82, 2.24) is 0 Å². The third-order valence-corrected chi connectivity index (χ3v) is 17.4. The van der Waals surface area contributed by atoms with E-state index in [1.54, 1.807) is 0 Å². The van der Waals surface area contributed by atoms with E-state index in [1.807, 2.05) is 20.8 Å². The second-order valence-electron chi connectivity index (χ2n) is 20.3. The second kappa shape index (κ2) is 14.6. The van der Waals surface area contributed by atoms with E-state index >= 15 is 0 Å². The van der Waals surface area contributed by atoms with E-state index in [0.29, 0.717) is 38.5 Å². The highest BCUT2D eigenvalue weighted by molar-refractivity contribution is 5.73. The molecular weight excluding hydrogens is 748 g/mol. The molecule has 2 heterocycles. The highest BCUT2D eigenvalue weighted by Gasteiger charge is 2.72. The van der Waals surface area contributed by atoms with Gasteiger partial charge >= 0.3 is 5.97 Å². The first-order chi connectivity index (χ1) is 26.5. The van der Waals surface area contributed by atoms with E-state index in [4.69, 9.17) is 18.9 Å². The van der Waals surface area contributed by atoms with Crippen LogP contribution in [0.3, 0.4) is 0 Å². The Morgan fingerprint density at radius 1 is 0.772 bits per heavy atom. The largest absolute Gasteiger partial charge is 0.479 e. The van der Waals surface area contributed by atoms with Crippen LogP contribution in [-0.4, -0.2) is 162 Å². The van der Waals surface area contributed by atoms with Crippen LogP contribution in [0.4, 0.5) is 0 Å². The molecule has 326 valence electrons. The number of ether oxygens (including phenoxy) is 4. The quantitative estimate of drug-likeness (QED) is 0.108. The van der Waals surface area contributed by atoms with E-state index in [2.05, 4.69) is 26.8 Å². The molecule has 6 fully saturated rings. The van der Waals surface area contributed by atoms with Crippen LogP contribution in [0.1, 0.15) is 86.5 Å². The zero-order valence-corrected chi connectivity index (χ0v) is 33.8. The predicted molar refractivity (Wildman–Crippen MR) is 198 cm³/mol. The van der Waals surface area contributed by atoms with Crippen LogP contribution in [0.2, 0.25) is 0 Å². The molecule has 11 N–H and O–H groups in total. The summed E-state index contributed by atoms with van der Waals surface area (Å²) < 4.78 is 23.2. The molecule has 7 aliphatic rings. The molecule has 2 aliphatic heterocycles. The van der Waals surface area contributed by atoms with E-state index in [9.17, 15) is 61.0 Å². The monoisotopic (exact) mass is 814 g/mol. The van der Waals surface area contributed by atoms with Gasteiger partial charge in [0.2, 0.25) is 0 Å². The van der Waals surface area contributed by atoms with E-state index in [-0.39, 0.29) is 35.2 Å². The fourth-order valence-electron chi connectivity index (χ4n) is 13.7. The van der Waals surface area contributed by atoms with Gasteiger partial charge in [0.15, 0.2) is 18.7 Å². The Morgan fingerprint density at radius 3 is 2.04 bits per heavy atom. The number of carboxylic acid groups (broad SMARTS) is 1. The van der Waals surface area contributed by atoms with Crippen molar-refractivity contribution >= 4 is 5.97 Å². The van der Waals surface area contributed by atoms with Gasteiger partial charge in [0, 0.05) is 5.41 Å². The predicted octanol–water partition coefficient (Wildman–Crippen LogP) is -0.594. The molecule has 16 nitrogen and oxygen atoms in total. The molecule has 0 unspecified atom stereocenters. The number of aliphatic hydroxyl groups is 10. The molecule has 4 saturated carbocycles. The minimum atomic E-state index is -1.94. The minimum Gasteiger partial charge on any atom is -0.479 e. The minimum absolute atomic E-state index is 0.0852. The van der Waals surface area contributed by atoms with Crippen molar-refractivity contribution in [2.45, 2.75) is 166 Å². The first kappa shape index (κ1) is 43.7. The van der Waals surface area contributed by atoms with E-state index in [0.717, 1.165) is 12.0 Å². The summed E-state index contributed by atoms with van der Waals surface area (Å²) in [7, 11) is 0. The van der Waals surface area contributed by atoms with E-state index < -0.39 is 121 Å². The molecule has 21 atom stereocenters. The third-order valence-electron chi connectivity index (χ3n) is 17.4. The van der Waals surface area contributed by atoms with Crippen molar-refractivity contribution in [1.29, 1.82) is 0 Å². The fraction of sp³-hybridized carbons (Fsp3) is 0.927. The number of hydrogen-bond donors (Lipinski definition) is 11. The van der Waals surface area contributed by atoms with Gasteiger partial charge in [-0.25, -0.2) is 4.79 Å². The molecule has 0 aromatic carbocycles. The zero-order chi connectivity index (χ0) is 42.0. The van der Waals surface area contributed by atoms with Gasteiger partial charge in [0.05, 0.1) is 49.7 Å². The third kappa shape index (κ3) is 6.02. The molecule has 16 heteroatoms. The summed E-state index contributed by atoms with van der Waals surface area (Å²) in [6.45, 7) is 11.1. The van der Waals surface area contributed by atoms with Gasteiger partial charge in [-0.15, -0.1) is 0 Å². The van der Waals surface area contributed by atoms with Crippen LogP contribution in [0.25, 0.3) is 0 Å². The molecule has 2 saturated heterocycles. The van der Waals surface area contributed by atoms with Crippen molar-refractivity contribution in [2.24, 2.45) is 50.2 Å². The summed E-state index contributed by atoms with van der Waals surface area (Å²) in [5, 5.41) is 120. The summed E-state index contributed by atoms with van der Waals surface area (Å²) in [6.07, 6.45) is -13.1. The summed E-state index contributed by atoms with van der Waals surface area (Å²) in [6, 6.07) is 0. The SMILES string of the molecule is CC1(C)C[C@H]2C3=CC[C@@H]4[C@@]5(C)CC[C@H](O[C@@H]6O[C@H](C(=O)O)[C@@H](O)[C@H](O[C@@H]7O[C@@H](CO)[C@H](O)[C@H]7O)[C@H]6O)[C@](C)(CO)[C@@H]5CC[C@@]4(C)[C@]3(C)C[C@@H](O)[C@@]2(CO)[C@@H](O)[C@@H]1O. The smallest absolute Gasteiger partial charge is 0.335 e. The van der Waals surface area contributed by atoms with Crippen molar-refractivity contribution < 1.29 is 79.9 Å². The average Bonchev–Trinajstić information content (AvgIpc) is 3.42. The lowest BCUT2D eigenvalue weighted by Crippen LogP contribution is -2.71. The Labute approximate surface area is 333 Å². The van der Waals surface area contributed by atoms with Crippen LogP contribution in [0, 0.1) is 50.2 Å². The lowest BCUT2D eigenvalue weighted by Gasteiger charge is -2.72. The van der Waals surface area contributed by atoms with Crippen LogP contribution in [0.5, 0.6) is 0 Å². The van der Waals surface area contributed by atoms with Crippen molar-refractivity contribution in [3.05, 3.63) is 11.6 Å². The molecule has 0 amide bonds. The van der Waals surface area contributed by atoms with Gasteiger partial charge in [-0.05, 0) is 84.4 Å². The first-order valence-electron chi connectivity index (χ1n) is 20.7. The lowest BCUT2D eigenvalue weighted by atomic mass is 9.33. The average molecular weight is 815 g/mol. The summed E-state index contributed by atoms with van der Waals surface area (Å²) in [4.78, 5) is 12.3. The number of rotatable bonds is 8. The zero-order valence-electron chi connectivity index (χ0n) is 33.8. The number of carboxylic acids is 1. The lowest BCUT2D eigenvalue weighted by molar-refractivity contribution is -0.346. The summed E-state index contributed by atoms with van der Waals surface area (Å²) in [5.74, 6) is -1.95. The fourth-order valence-corrected chi connectivity index (χ4v) is 13.7. The highest BCUT2D eigenvalue weighted by Crippen LogP contribution is 2.76. The number of carbonyl (C=O) groups is 1. The van der Waals surface area contributed by atoms with Crippen molar-refractivity contribution in [3.63, 3.8) is 0 Å². The number of aliphatic carboxylic acids is 1. The highest BCUT2D eigenvalue weighted by atomic mass is 16.7. The Kier molecular flexibility index (Phi) is 11.2. The van der Waals surface area contributed by atoms with Crippen molar-refractivity contribution in [3.8, 4) is 0 Å². The Bertz CT molecular complexity index is 1560. The van der Waals surface area contributed by atoms with Gasteiger partial charge < -0.3 is 75.1 Å². The van der Waals surface area contributed by atoms with E-state index in [1.165, 1.54) is 0 Å². The maximum absolute atomic E-state index is 12.3. The first-order valence-corrected chi connectivity index (χ1v) is 20.7. The van der Waals surface area contributed by atoms with Gasteiger partial charge in [-0.3, -0.25) is 0 Å². The van der Waals surface area contributed by atoms with Crippen LogP contribution >= 0.6 is 0 Å². The molecule has 0 bridgehead atoms. The number of allylic oxidation sites excluding steroid dienone is 2. The standard InChI is InChI=1S/C41H66O16/c1-36(2)13-19-18-7-8-22-37(3)11-10-24(55-35-28(49)29(27(48)30(57-35)33(52)53)56-34-26(47)25(46)20(15-42)54-34)38(4,16-43)21(37)9-12-39(22,5)40(18,6)14-23(45)41(19,17-44)32(51)31(36)50/h7,19-32,34-35,42-51H,8-17H2,1-6H3,(H,52,53)/t19-,20-,21+,22+,23+,24-,25-,26+,27-,28+,29-,30-,31-,32-,34-,35+,37-,38+,39+,40+,41-/m0/s1. The van der Waals surface area contributed by atoms with Crippen LogP contribution < -0.4 is 0 Å². The maximum atomic E-state index is 12.3. The molecule has 57 heavy (non-hydrogen) atoms. The Hall–Kier alpha value is -1.35. The van der Waals surface area contributed by atoms with Crippen LogP contribution in [0.15, 0.2) is 11.6 Å². The van der Waals surface area contributed by atoms with Gasteiger partial charge in [0.1, 0.15) is 36.6 Å². The molecular formula is C41H66O16. The van der Waals surface area contributed by atoms with Crippen molar-refractivity contribution in [2.75, 3.05) is 19.8 Å². The number of aliphatic hydroxyl groups excluding tert-OH is 10. The van der Waals surface area contributed by atoms with Gasteiger partial charge in [-0.1, -0.05) is 53.2 Å². The van der Waals surface area contributed by atoms with Gasteiger partial charge in [-0.2, -0.15) is 0 Å². The number of fused-ring (bicyclic) bond motifs is 7. The Morgan fingerprint density at radius 2 is 1.44 bits per heavy atom.